The predicted molar refractivity (Wildman–Crippen MR) is 70.0 cm³/mol. The van der Waals surface area contributed by atoms with E-state index in [-0.39, 0.29) is 11.5 Å². The Balaban J connectivity index is 2.22. The summed E-state index contributed by atoms with van der Waals surface area (Å²) < 4.78 is 13.8. The molecule has 18 heavy (non-hydrogen) atoms. The number of benzene rings is 1. The van der Waals surface area contributed by atoms with E-state index in [9.17, 15) is 9.18 Å². The minimum Gasteiger partial charge on any atom is -0.335 e. The first-order chi connectivity index (χ1) is 8.49. The maximum absolute atomic E-state index is 13.8. The van der Waals surface area contributed by atoms with Crippen molar-refractivity contribution in [2.45, 2.75) is 39.7 Å². The van der Waals surface area contributed by atoms with Crippen LogP contribution >= 0.6 is 0 Å². The lowest BCUT2D eigenvalue weighted by molar-refractivity contribution is 0.0718. The van der Waals surface area contributed by atoms with E-state index in [0.717, 1.165) is 18.4 Å². The number of rotatable bonds is 4. The second kappa shape index (κ2) is 5.09. The van der Waals surface area contributed by atoms with E-state index in [0.29, 0.717) is 18.5 Å². The van der Waals surface area contributed by atoms with Crippen LogP contribution < -0.4 is 0 Å². The number of aryl methyl sites for hydroxylation is 1. The summed E-state index contributed by atoms with van der Waals surface area (Å²) in [6.07, 6.45) is 2.10. The van der Waals surface area contributed by atoms with Gasteiger partial charge in [0, 0.05) is 12.6 Å². The molecule has 0 atom stereocenters. The Kier molecular flexibility index (Phi) is 3.69. The fourth-order valence-corrected chi connectivity index (χ4v) is 2.13. The van der Waals surface area contributed by atoms with Crippen LogP contribution in [0.3, 0.4) is 0 Å². The normalized spacial score (nSPS) is 14.9. The molecule has 98 valence electrons. The van der Waals surface area contributed by atoms with E-state index in [1.165, 1.54) is 6.07 Å². The second-order valence-corrected chi connectivity index (χ2v) is 5.57. The molecule has 2 rings (SSSR count). The van der Waals surface area contributed by atoms with Crippen LogP contribution in [-0.4, -0.2) is 23.4 Å². The molecule has 0 bridgehead atoms. The van der Waals surface area contributed by atoms with Crippen molar-refractivity contribution in [1.29, 1.82) is 0 Å². The standard InChI is InChI=1S/C15H20FNO/c1-10(2)9-17(12-5-6-12)15(18)13-7-4-11(3)8-14(13)16/h4,7-8,10,12H,5-6,9H2,1-3H3. The number of halogens is 1. The maximum Gasteiger partial charge on any atom is 0.257 e. The van der Waals surface area contributed by atoms with Gasteiger partial charge >= 0.3 is 0 Å². The smallest absolute Gasteiger partial charge is 0.257 e. The molecule has 1 saturated carbocycles. The molecular weight excluding hydrogens is 229 g/mol. The second-order valence-electron chi connectivity index (χ2n) is 5.57. The Morgan fingerprint density at radius 2 is 2.11 bits per heavy atom. The lowest BCUT2D eigenvalue weighted by Gasteiger charge is -2.24. The highest BCUT2D eigenvalue weighted by Crippen LogP contribution is 2.29. The Bertz CT molecular complexity index is 452. The molecule has 2 nitrogen and oxygen atoms in total. The number of hydrogen-bond acceptors (Lipinski definition) is 1. The van der Waals surface area contributed by atoms with Crippen LogP contribution in [0.2, 0.25) is 0 Å². The predicted octanol–water partition coefficient (Wildman–Crippen LogP) is 3.39. The van der Waals surface area contributed by atoms with Crippen LogP contribution in [-0.2, 0) is 0 Å². The van der Waals surface area contributed by atoms with Crippen molar-refractivity contribution in [2.75, 3.05) is 6.54 Å². The SMILES string of the molecule is Cc1ccc(C(=O)N(CC(C)C)C2CC2)c(F)c1. The summed E-state index contributed by atoms with van der Waals surface area (Å²) >= 11 is 0. The van der Waals surface area contributed by atoms with Crippen molar-refractivity contribution in [3.63, 3.8) is 0 Å². The topological polar surface area (TPSA) is 20.3 Å². The van der Waals surface area contributed by atoms with Crippen molar-refractivity contribution in [1.82, 2.24) is 4.90 Å². The molecule has 1 aromatic rings. The van der Waals surface area contributed by atoms with E-state index in [1.54, 1.807) is 12.1 Å². The Hall–Kier alpha value is -1.38. The number of carbonyl (C=O) groups excluding carboxylic acids is 1. The van der Waals surface area contributed by atoms with Gasteiger partial charge in [-0.3, -0.25) is 4.79 Å². The Morgan fingerprint density at radius 3 is 2.61 bits per heavy atom. The molecule has 0 heterocycles. The summed E-state index contributed by atoms with van der Waals surface area (Å²) in [7, 11) is 0. The van der Waals surface area contributed by atoms with E-state index in [4.69, 9.17) is 0 Å². The van der Waals surface area contributed by atoms with Crippen molar-refractivity contribution in [3.8, 4) is 0 Å². The third kappa shape index (κ3) is 2.89. The van der Waals surface area contributed by atoms with Crippen LogP contribution in [0.15, 0.2) is 18.2 Å². The molecule has 0 N–H and O–H groups in total. The molecule has 1 aliphatic rings. The highest BCUT2D eigenvalue weighted by Gasteiger charge is 2.34. The quantitative estimate of drug-likeness (QED) is 0.801. The monoisotopic (exact) mass is 249 g/mol. The zero-order chi connectivity index (χ0) is 13.3. The van der Waals surface area contributed by atoms with E-state index in [2.05, 4.69) is 13.8 Å². The van der Waals surface area contributed by atoms with Gasteiger partial charge in [0.1, 0.15) is 5.82 Å². The molecule has 0 saturated heterocycles. The zero-order valence-electron chi connectivity index (χ0n) is 11.2. The zero-order valence-corrected chi connectivity index (χ0v) is 11.2. The number of hydrogen-bond donors (Lipinski definition) is 0. The van der Waals surface area contributed by atoms with E-state index < -0.39 is 5.82 Å². The summed E-state index contributed by atoms with van der Waals surface area (Å²) in [5.74, 6) is -0.166. The van der Waals surface area contributed by atoms with Crippen LogP contribution in [0, 0.1) is 18.7 Å². The summed E-state index contributed by atoms with van der Waals surface area (Å²) in [5, 5.41) is 0. The Labute approximate surface area is 108 Å². The lowest BCUT2D eigenvalue weighted by Crippen LogP contribution is -2.36. The van der Waals surface area contributed by atoms with Gasteiger partial charge in [-0.1, -0.05) is 19.9 Å². The van der Waals surface area contributed by atoms with Gasteiger partial charge in [0.15, 0.2) is 0 Å². The van der Waals surface area contributed by atoms with Crippen LogP contribution in [0.4, 0.5) is 4.39 Å². The molecule has 1 fully saturated rings. The summed E-state index contributed by atoms with van der Waals surface area (Å²) in [4.78, 5) is 14.2. The number of carbonyl (C=O) groups is 1. The first-order valence-electron chi connectivity index (χ1n) is 6.56. The first-order valence-corrected chi connectivity index (χ1v) is 6.56. The average Bonchev–Trinajstić information content (AvgIpc) is 3.08. The minimum atomic E-state index is -0.408. The van der Waals surface area contributed by atoms with Crippen LogP contribution in [0.1, 0.15) is 42.6 Å². The molecule has 1 amide bonds. The van der Waals surface area contributed by atoms with Gasteiger partial charge in [0.2, 0.25) is 0 Å². The van der Waals surface area contributed by atoms with Gasteiger partial charge in [0.25, 0.3) is 5.91 Å². The van der Waals surface area contributed by atoms with E-state index >= 15 is 0 Å². The van der Waals surface area contributed by atoms with E-state index in [1.807, 2.05) is 11.8 Å². The van der Waals surface area contributed by atoms with Gasteiger partial charge in [0.05, 0.1) is 5.56 Å². The molecule has 0 aromatic heterocycles. The third-order valence-corrected chi connectivity index (χ3v) is 3.17. The molecule has 3 heteroatoms. The Morgan fingerprint density at radius 1 is 1.44 bits per heavy atom. The van der Waals surface area contributed by atoms with Crippen molar-refractivity contribution in [2.24, 2.45) is 5.92 Å². The average molecular weight is 249 g/mol. The van der Waals surface area contributed by atoms with Crippen LogP contribution in [0.5, 0.6) is 0 Å². The summed E-state index contributed by atoms with van der Waals surface area (Å²) in [5.41, 5.74) is 1.04. The molecule has 0 unspecified atom stereocenters. The molecule has 1 aromatic carbocycles. The van der Waals surface area contributed by atoms with Gasteiger partial charge in [-0.15, -0.1) is 0 Å². The highest BCUT2D eigenvalue weighted by atomic mass is 19.1. The molecule has 1 aliphatic carbocycles. The fraction of sp³-hybridized carbons (Fsp3) is 0.533. The van der Waals surface area contributed by atoms with Gasteiger partial charge < -0.3 is 4.90 Å². The first kappa shape index (κ1) is 13.1. The number of nitrogens with zero attached hydrogens (tertiary/aromatic N) is 1. The molecule has 0 spiro atoms. The molecule has 0 aliphatic heterocycles. The minimum absolute atomic E-state index is 0.163. The summed E-state index contributed by atoms with van der Waals surface area (Å²) in [6, 6.07) is 5.13. The van der Waals surface area contributed by atoms with Crippen molar-refractivity contribution in [3.05, 3.63) is 35.1 Å². The van der Waals surface area contributed by atoms with Crippen molar-refractivity contribution >= 4 is 5.91 Å². The van der Waals surface area contributed by atoms with Crippen molar-refractivity contribution < 1.29 is 9.18 Å². The van der Waals surface area contributed by atoms with Gasteiger partial charge in [-0.2, -0.15) is 0 Å². The van der Waals surface area contributed by atoms with Crippen LogP contribution in [0.25, 0.3) is 0 Å². The highest BCUT2D eigenvalue weighted by molar-refractivity contribution is 5.95. The maximum atomic E-state index is 13.8. The van der Waals surface area contributed by atoms with Gasteiger partial charge in [-0.25, -0.2) is 4.39 Å². The van der Waals surface area contributed by atoms with Gasteiger partial charge in [-0.05, 0) is 43.4 Å². The number of amides is 1. The fourth-order valence-electron chi connectivity index (χ4n) is 2.13. The third-order valence-electron chi connectivity index (χ3n) is 3.17. The summed E-state index contributed by atoms with van der Waals surface area (Å²) in [6.45, 7) is 6.68. The molecule has 0 radical (unpaired) electrons. The molecular formula is C15H20FNO. The largest absolute Gasteiger partial charge is 0.335 e. The lowest BCUT2D eigenvalue weighted by atomic mass is 10.1.